The summed E-state index contributed by atoms with van der Waals surface area (Å²) < 4.78 is 0. The molecule has 0 spiro atoms. The van der Waals surface area contributed by atoms with Gasteiger partial charge in [0.1, 0.15) is 6.54 Å². The van der Waals surface area contributed by atoms with Crippen LogP contribution in [0.25, 0.3) is 0 Å². The van der Waals surface area contributed by atoms with Gasteiger partial charge in [-0.25, -0.2) is 0 Å². The molecule has 0 saturated heterocycles. The first-order chi connectivity index (χ1) is 7.60. The number of halogens is 1. The molecule has 0 radical (unpaired) electrons. The second-order valence-electron chi connectivity index (χ2n) is 3.44. The Balaban J connectivity index is 3.00. The molecule has 1 aromatic carbocycles. The van der Waals surface area contributed by atoms with E-state index in [1.165, 1.54) is 4.90 Å². The summed E-state index contributed by atoms with van der Waals surface area (Å²) in [6, 6.07) is 7.10. The highest BCUT2D eigenvalue weighted by Gasteiger charge is 2.15. The lowest BCUT2D eigenvalue weighted by molar-refractivity contribution is 0.0783. The minimum Gasteiger partial charge on any atom is -0.326 e. The third-order valence-corrected chi connectivity index (χ3v) is 2.58. The monoisotopic (exact) mass is 236 g/mol. The molecule has 0 atom stereocenters. The SMILES string of the molecule is CCN(CC#N)C(=O)c1ccc(Cl)cc1C. The summed E-state index contributed by atoms with van der Waals surface area (Å²) in [5.74, 6) is -0.127. The Hall–Kier alpha value is -1.53. The molecule has 0 aromatic heterocycles. The van der Waals surface area contributed by atoms with Crippen molar-refractivity contribution in [1.82, 2.24) is 4.90 Å². The van der Waals surface area contributed by atoms with E-state index >= 15 is 0 Å². The quantitative estimate of drug-likeness (QED) is 0.758. The van der Waals surface area contributed by atoms with Crippen molar-refractivity contribution in [2.75, 3.05) is 13.1 Å². The van der Waals surface area contributed by atoms with Crippen LogP contribution in [0.3, 0.4) is 0 Å². The molecule has 4 heteroatoms. The van der Waals surface area contributed by atoms with Crippen LogP contribution in [-0.4, -0.2) is 23.9 Å². The standard InChI is InChI=1S/C12H13ClN2O/c1-3-15(7-6-14)12(16)11-5-4-10(13)8-9(11)2/h4-5,8H,3,7H2,1-2H3. The first-order valence-electron chi connectivity index (χ1n) is 5.02. The summed E-state index contributed by atoms with van der Waals surface area (Å²) in [4.78, 5) is 13.5. The lowest BCUT2D eigenvalue weighted by atomic mass is 10.1. The Morgan fingerprint density at radius 1 is 1.56 bits per heavy atom. The van der Waals surface area contributed by atoms with Crippen LogP contribution in [0, 0.1) is 18.3 Å². The van der Waals surface area contributed by atoms with Gasteiger partial charge in [0.2, 0.25) is 0 Å². The van der Waals surface area contributed by atoms with Crippen molar-refractivity contribution < 1.29 is 4.79 Å². The van der Waals surface area contributed by atoms with Crippen molar-refractivity contribution in [3.05, 3.63) is 34.3 Å². The molecule has 0 bridgehead atoms. The van der Waals surface area contributed by atoms with Crippen molar-refractivity contribution in [1.29, 1.82) is 5.26 Å². The van der Waals surface area contributed by atoms with Gasteiger partial charge < -0.3 is 4.90 Å². The molecule has 84 valence electrons. The molecule has 3 nitrogen and oxygen atoms in total. The number of hydrogen-bond acceptors (Lipinski definition) is 2. The zero-order valence-electron chi connectivity index (χ0n) is 9.33. The van der Waals surface area contributed by atoms with E-state index < -0.39 is 0 Å². The van der Waals surface area contributed by atoms with Crippen LogP contribution in [-0.2, 0) is 0 Å². The highest BCUT2D eigenvalue weighted by Crippen LogP contribution is 2.16. The van der Waals surface area contributed by atoms with Crippen molar-refractivity contribution in [2.45, 2.75) is 13.8 Å². The number of carbonyl (C=O) groups is 1. The number of benzene rings is 1. The molecular weight excluding hydrogens is 224 g/mol. The van der Waals surface area contributed by atoms with Gasteiger partial charge in [-0.05, 0) is 37.6 Å². The number of nitriles is 1. The highest BCUT2D eigenvalue weighted by atomic mass is 35.5. The van der Waals surface area contributed by atoms with Crippen LogP contribution in [0.1, 0.15) is 22.8 Å². The molecule has 1 amide bonds. The molecule has 0 unspecified atom stereocenters. The smallest absolute Gasteiger partial charge is 0.254 e. The maximum Gasteiger partial charge on any atom is 0.254 e. The van der Waals surface area contributed by atoms with E-state index in [4.69, 9.17) is 16.9 Å². The fourth-order valence-corrected chi connectivity index (χ4v) is 1.68. The van der Waals surface area contributed by atoms with Crippen molar-refractivity contribution >= 4 is 17.5 Å². The van der Waals surface area contributed by atoms with E-state index in [1.54, 1.807) is 18.2 Å². The van der Waals surface area contributed by atoms with Crippen molar-refractivity contribution in [3.63, 3.8) is 0 Å². The second-order valence-corrected chi connectivity index (χ2v) is 3.87. The van der Waals surface area contributed by atoms with E-state index in [0.717, 1.165) is 5.56 Å². The topological polar surface area (TPSA) is 44.1 Å². The molecule has 1 rings (SSSR count). The lowest BCUT2D eigenvalue weighted by Gasteiger charge is -2.18. The molecule has 1 aromatic rings. The van der Waals surface area contributed by atoms with Crippen LogP contribution < -0.4 is 0 Å². The summed E-state index contributed by atoms with van der Waals surface area (Å²) in [6.45, 7) is 4.31. The van der Waals surface area contributed by atoms with Gasteiger partial charge in [0.05, 0.1) is 6.07 Å². The zero-order chi connectivity index (χ0) is 12.1. The first kappa shape index (κ1) is 12.5. The Bertz CT molecular complexity index is 437. The number of amides is 1. The average Bonchev–Trinajstić information content (AvgIpc) is 2.25. The predicted octanol–water partition coefficient (Wildman–Crippen LogP) is 2.63. The highest BCUT2D eigenvalue weighted by molar-refractivity contribution is 6.30. The fraction of sp³-hybridized carbons (Fsp3) is 0.333. The van der Waals surface area contributed by atoms with E-state index in [2.05, 4.69) is 0 Å². The molecule has 16 heavy (non-hydrogen) atoms. The third-order valence-electron chi connectivity index (χ3n) is 2.35. The number of hydrogen-bond donors (Lipinski definition) is 0. The van der Waals surface area contributed by atoms with E-state index in [9.17, 15) is 4.79 Å². The molecule has 0 heterocycles. The number of nitrogens with zero attached hydrogens (tertiary/aromatic N) is 2. The molecule has 0 N–H and O–H groups in total. The molecule has 0 aliphatic heterocycles. The molecular formula is C12H13ClN2O. The Kier molecular flexibility index (Phi) is 4.33. The van der Waals surface area contributed by atoms with E-state index in [0.29, 0.717) is 17.1 Å². The van der Waals surface area contributed by atoms with Crippen molar-refractivity contribution in [3.8, 4) is 6.07 Å². The summed E-state index contributed by atoms with van der Waals surface area (Å²) in [7, 11) is 0. The largest absolute Gasteiger partial charge is 0.326 e. The summed E-state index contributed by atoms with van der Waals surface area (Å²) in [5, 5.41) is 9.22. The summed E-state index contributed by atoms with van der Waals surface area (Å²) in [6.07, 6.45) is 0. The summed E-state index contributed by atoms with van der Waals surface area (Å²) >= 11 is 5.82. The van der Waals surface area contributed by atoms with Gasteiger partial charge in [-0.1, -0.05) is 11.6 Å². The van der Waals surface area contributed by atoms with Crippen LogP contribution >= 0.6 is 11.6 Å². The Morgan fingerprint density at radius 3 is 2.75 bits per heavy atom. The first-order valence-corrected chi connectivity index (χ1v) is 5.40. The van der Waals surface area contributed by atoms with Crippen LogP contribution in [0.4, 0.5) is 0 Å². The van der Waals surface area contributed by atoms with E-state index in [-0.39, 0.29) is 12.5 Å². The van der Waals surface area contributed by atoms with Gasteiger partial charge >= 0.3 is 0 Å². The van der Waals surface area contributed by atoms with E-state index in [1.807, 2.05) is 19.9 Å². The minimum atomic E-state index is -0.127. The predicted molar refractivity (Wildman–Crippen MR) is 63.4 cm³/mol. The van der Waals surface area contributed by atoms with Gasteiger partial charge in [-0.3, -0.25) is 4.79 Å². The molecule has 0 aliphatic carbocycles. The van der Waals surface area contributed by atoms with Gasteiger partial charge in [-0.2, -0.15) is 5.26 Å². The normalized spacial score (nSPS) is 9.62. The van der Waals surface area contributed by atoms with Crippen LogP contribution in [0.15, 0.2) is 18.2 Å². The maximum atomic E-state index is 12.0. The van der Waals surface area contributed by atoms with Crippen molar-refractivity contribution in [2.24, 2.45) is 0 Å². The number of rotatable bonds is 3. The molecule has 0 saturated carbocycles. The maximum absolute atomic E-state index is 12.0. The van der Waals surface area contributed by atoms with Crippen LogP contribution in [0.2, 0.25) is 5.02 Å². The van der Waals surface area contributed by atoms with Gasteiger partial charge in [0, 0.05) is 17.1 Å². The van der Waals surface area contributed by atoms with Gasteiger partial charge in [0.25, 0.3) is 5.91 Å². The Morgan fingerprint density at radius 2 is 2.25 bits per heavy atom. The van der Waals surface area contributed by atoms with Gasteiger partial charge in [0.15, 0.2) is 0 Å². The Labute approximate surface area is 100 Å². The lowest BCUT2D eigenvalue weighted by Crippen LogP contribution is -2.31. The molecule has 0 aliphatic rings. The fourth-order valence-electron chi connectivity index (χ4n) is 1.45. The van der Waals surface area contributed by atoms with Gasteiger partial charge in [-0.15, -0.1) is 0 Å². The van der Waals surface area contributed by atoms with Crippen LogP contribution in [0.5, 0.6) is 0 Å². The summed E-state index contributed by atoms with van der Waals surface area (Å²) in [5.41, 5.74) is 1.43. The number of aryl methyl sites for hydroxylation is 1. The third kappa shape index (κ3) is 2.74. The zero-order valence-corrected chi connectivity index (χ0v) is 10.1. The minimum absolute atomic E-state index is 0.109. The second kappa shape index (κ2) is 5.53. The molecule has 0 fully saturated rings. The number of carbonyl (C=O) groups excluding carboxylic acids is 1. The average molecular weight is 237 g/mol.